The number of ketones is 2. The quantitative estimate of drug-likeness (QED) is 0.540. The highest BCUT2D eigenvalue weighted by Gasteiger charge is 2.22. The predicted molar refractivity (Wildman–Crippen MR) is 75.6 cm³/mol. The molecule has 0 fully saturated rings. The van der Waals surface area contributed by atoms with E-state index < -0.39 is 11.6 Å². The Balaban J connectivity index is 2.34. The number of imidazole rings is 1. The number of fused-ring (bicyclic) bond motifs is 1. The molecule has 1 aromatic carbocycles. The van der Waals surface area contributed by atoms with Gasteiger partial charge in [0.1, 0.15) is 17.0 Å². The fraction of sp³-hybridized carbons (Fsp3) is 0.0625. The van der Waals surface area contributed by atoms with Crippen LogP contribution in [0.5, 0.6) is 0 Å². The molecule has 0 unspecified atom stereocenters. The number of rotatable bonds is 3. The van der Waals surface area contributed by atoms with Crippen molar-refractivity contribution in [3.8, 4) is 11.3 Å². The van der Waals surface area contributed by atoms with Crippen LogP contribution in [0, 0.1) is 0 Å². The van der Waals surface area contributed by atoms with E-state index >= 15 is 0 Å². The van der Waals surface area contributed by atoms with E-state index in [2.05, 4.69) is 4.98 Å². The third-order valence-corrected chi connectivity index (χ3v) is 3.11. The van der Waals surface area contributed by atoms with Crippen LogP contribution in [0.25, 0.3) is 16.9 Å². The smallest absolute Gasteiger partial charge is 0.247 e. The average molecular weight is 264 g/mol. The van der Waals surface area contributed by atoms with Crippen molar-refractivity contribution in [2.75, 3.05) is 0 Å². The second-order valence-corrected chi connectivity index (χ2v) is 4.49. The van der Waals surface area contributed by atoms with Crippen molar-refractivity contribution >= 4 is 17.2 Å². The molecule has 0 saturated heterocycles. The van der Waals surface area contributed by atoms with Crippen LogP contribution < -0.4 is 0 Å². The zero-order valence-corrected chi connectivity index (χ0v) is 10.9. The van der Waals surface area contributed by atoms with E-state index in [0.29, 0.717) is 17.0 Å². The number of Topliss-reactive ketones (excluding diaryl/α,β-unsaturated/α-hetero) is 2. The van der Waals surface area contributed by atoms with Crippen LogP contribution in [0.4, 0.5) is 0 Å². The van der Waals surface area contributed by atoms with Crippen molar-refractivity contribution in [2.45, 2.75) is 6.92 Å². The van der Waals surface area contributed by atoms with Gasteiger partial charge >= 0.3 is 0 Å². The molecule has 2 heterocycles. The predicted octanol–water partition coefficient (Wildman–Crippen LogP) is 2.77. The minimum atomic E-state index is -0.525. The molecule has 0 aliphatic heterocycles. The Bertz CT molecular complexity index is 804. The maximum absolute atomic E-state index is 12.2. The van der Waals surface area contributed by atoms with Crippen molar-refractivity contribution < 1.29 is 9.59 Å². The molecule has 4 heteroatoms. The lowest BCUT2D eigenvalue weighted by Crippen LogP contribution is -2.13. The fourth-order valence-electron chi connectivity index (χ4n) is 2.18. The minimum absolute atomic E-state index is 0.319. The van der Waals surface area contributed by atoms with E-state index in [1.807, 2.05) is 42.5 Å². The summed E-state index contributed by atoms with van der Waals surface area (Å²) in [7, 11) is 0. The Hall–Kier alpha value is -2.75. The highest BCUT2D eigenvalue weighted by atomic mass is 16.2. The molecule has 20 heavy (non-hydrogen) atoms. The maximum atomic E-state index is 12.2. The number of nitrogens with zero attached hydrogens (tertiary/aromatic N) is 2. The van der Waals surface area contributed by atoms with Gasteiger partial charge in [-0.05, 0) is 12.1 Å². The summed E-state index contributed by atoms with van der Waals surface area (Å²) >= 11 is 0. The van der Waals surface area contributed by atoms with Gasteiger partial charge in [0.25, 0.3) is 0 Å². The summed E-state index contributed by atoms with van der Waals surface area (Å²) in [6, 6.07) is 14.9. The summed E-state index contributed by atoms with van der Waals surface area (Å²) in [5, 5.41) is 0. The van der Waals surface area contributed by atoms with Gasteiger partial charge in [-0.25, -0.2) is 4.98 Å². The lowest BCUT2D eigenvalue weighted by Gasteiger charge is -2.02. The lowest BCUT2D eigenvalue weighted by atomic mass is 10.1. The van der Waals surface area contributed by atoms with E-state index in [1.165, 1.54) is 6.92 Å². The molecule has 0 spiro atoms. The van der Waals surface area contributed by atoms with Gasteiger partial charge in [-0.1, -0.05) is 36.4 Å². The number of carbonyl (C=O) groups is 2. The van der Waals surface area contributed by atoms with Gasteiger partial charge in [-0.2, -0.15) is 0 Å². The first-order chi connectivity index (χ1) is 9.68. The number of benzene rings is 1. The Morgan fingerprint density at radius 3 is 2.40 bits per heavy atom. The highest BCUT2D eigenvalue weighted by Crippen LogP contribution is 2.24. The maximum Gasteiger partial charge on any atom is 0.247 e. The van der Waals surface area contributed by atoms with Gasteiger partial charge in [0.15, 0.2) is 0 Å². The van der Waals surface area contributed by atoms with E-state index in [4.69, 9.17) is 0 Å². The number of hydrogen-bond donors (Lipinski definition) is 0. The van der Waals surface area contributed by atoms with E-state index in [0.717, 1.165) is 5.56 Å². The Morgan fingerprint density at radius 2 is 1.70 bits per heavy atom. The molecule has 0 aliphatic rings. The van der Waals surface area contributed by atoms with Gasteiger partial charge in [0.05, 0.1) is 0 Å². The van der Waals surface area contributed by atoms with Crippen LogP contribution in [-0.2, 0) is 4.79 Å². The third kappa shape index (κ3) is 1.91. The van der Waals surface area contributed by atoms with Crippen molar-refractivity contribution in [2.24, 2.45) is 0 Å². The zero-order chi connectivity index (χ0) is 14.1. The van der Waals surface area contributed by atoms with Gasteiger partial charge in [-0.15, -0.1) is 0 Å². The summed E-state index contributed by atoms with van der Waals surface area (Å²) < 4.78 is 1.66. The molecule has 2 aromatic heterocycles. The van der Waals surface area contributed by atoms with Crippen molar-refractivity contribution in [3.63, 3.8) is 0 Å². The van der Waals surface area contributed by atoms with Crippen LogP contribution in [-0.4, -0.2) is 21.0 Å². The first-order valence-corrected chi connectivity index (χ1v) is 6.26. The van der Waals surface area contributed by atoms with Crippen LogP contribution >= 0.6 is 0 Å². The number of hydrogen-bond acceptors (Lipinski definition) is 3. The van der Waals surface area contributed by atoms with Crippen LogP contribution in [0.1, 0.15) is 17.4 Å². The highest BCUT2D eigenvalue weighted by molar-refractivity contribution is 6.43. The lowest BCUT2D eigenvalue weighted by molar-refractivity contribution is -0.113. The third-order valence-electron chi connectivity index (χ3n) is 3.11. The largest absolute Gasteiger partial charge is 0.296 e. The van der Waals surface area contributed by atoms with E-state index in [9.17, 15) is 9.59 Å². The first-order valence-electron chi connectivity index (χ1n) is 6.26. The van der Waals surface area contributed by atoms with Crippen molar-refractivity contribution in [1.29, 1.82) is 0 Å². The molecule has 0 atom stereocenters. The molecule has 98 valence electrons. The molecule has 0 bridgehead atoms. The molecule has 3 rings (SSSR count). The zero-order valence-electron chi connectivity index (χ0n) is 10.9. The molecule has 0 aliphatic carbocycles. The monoisotopic (exact) mass is 264 g/mol. The fourth-order valence-corrected chi connectivity index (χ4v) is 2.18. The summed E-state index contributed by atoms with van der Waals surface area (Å²) in [5.41, 5.74) is 2.33. The number of pyridine rings is 1. The van der Waals surface area contributed by atoms with Gasteiger partial charge in [0.2, 0.25) is 11.6 Å². The normalized spacial score (nSPS) is 10.7. The topological polar surface area (TPSA) is 51.4 Å². The van der Waals surface area contributed by atoms with Crippen LogP contribution in [0.15, 0.2) is 54.7 Å². The van der Waals surface area contributed by atoms with Crippen LogP contribution in [0.2, 0.25) is 0 Å². The van der Waals surface area contributed by atoms with Gasteiger partial charge in [-0.3, -0.25) is 14.0 Å². The second kappa shape index (κ2) is 4.74. The molecule has 3 aromatic rings. The van der Waals surface area contributed by atoms with Crippen molar-refractivity contribution in [3.05, 3.63) is 60.4 Å². The summed E-state index contributed by atoms with van der Waals surface area (Å²) in [5.74, 6) is -1.02. The summed E-state index contributed by atoms with van der Waals surface area (Å²) in [6.07, 6.45) is 1.74. The first kappa shape index (κ1) is 12.3. The molecular formula is C16H12N2O2. The summed E-state index contributed by atoms with van der Waals surface area (Å²) in [4.78, 5) is 28.2. The minimum Gasteiger partial charge on any atom is -0.296 e. The standard InChI is InChI=1S/C16H12N2O2/c1-11(19)16(20)15-14(12-7-3-2-4-8-12)17-13-9-5-6-10-18(13)15/h2-10H,1H3. The summed E-state index contributed by atoms with van der Waals surface area (Å²) in [6.45, 7) is 1.28. The molecule has 4 nitrogen and oxygen atoms in total. The molecular weight excluding hydrogens is 252 g/mol. The number of carbonyl (C=O) groups excluding carboxylic acids is 2. The molecule has 0 amide bonds. The van der Waals surface area contributed by atoms with E-state index in [-0.39, 0.29) is 0 Å². The number of aromatic nitrogens is 2. The molecule has 0 saturated carbocycles. The molecule has 0 radical (unpaired) electrons. The van der Waals surface area contributed by atoms with Gasteiger partial charge < -0.3 is 0 Å². The van der Waals surface area contributed by atoms with E-state index in [1.54, 1.807) is 16.7 Å². The second-order valence-electron chi connectivity index (χ2n) is 4.49. The average Bonchev–Trinajstić information content (AvgIpc) is 2.86. The Morgan fingerprint density at radius 1 is 1.00 bits per heavy atom. The SMILES string of the molecule is CC(=O)C(=O)c1c(-c2ccccc2)nc2ccccn12. The Kier molecular flexibility index (Phi) is 2.91. The van der Waals surface area contributed by atoms with Gasteiger partial charge in [0, 0.05) is 18.7 Å². The van der Waals surface area contributed by atoms with Crippen LogP contribution in [0.3, 0.4) is 0 Å². The molecule has 0 N–H and O–H groups in total. The Labute approximate surface area is 115 Å². The van der Waals surface area contributed by atoms with Crippen molar-refractivity contribution in [1.82, 2.24) is 9.38 Å².